The van der Waals surface area contributed by atoms with E-state index in [-0.39, 0.29) is 44.0 Å². The van der Waals surface area contributed by atoms with Crippen molar-refractivity contribution in [3.05, 3.63) is 23.8 Å². The van der Waals surface area contributed by atoms with E-state index in [4.69, 9.17) is 29.4 Å². The number of hydrogen-bond acceptors (Lipinski definition) is 10. The van der Waals surface area contributed by atoms with Gasteiger partial charge < -0.3 is 29.4 Å². The molecule has 0 fully saturated rings. The van der Waals surface area contributed by atoms with Crippen LogP contribution >= 0.6 is 0 Å². The van der Waals surface area contributed by atoms with Gasteiger partial charge in [-0.3, -0.25) is 14.4 Å². The molecule has 1 rings (SSSR count). The van der Waals surface area contributed by atoms with Crippen LogP contribution in [0, 0.1) is 0 Å². The van der Waals surface area contributed by atoms with E-state index >= 15 is 0 Å². The average molecular weight is 453 g/mol. The van der Waals surface area contributed by atoms with Crippen LogP contribution in [-0.2, 0) is 35.0 Å². The number of carbonyl (C=O) groups excluding carboxylic acids is 4. The van der Waals surface area contributed by atoms with E-state index in [0.717, 1.165) is 0 Å². The largest absolute Gasteiger partial charge is 0.508 e. The Morgan fingerprint density at radius 2 is 1.56 bits per heavy atom. The van der Waals surface area contributed by atoms with Gasteiger partial charge >= 0.3 is 24.1 Å². The second kappa shape index (κ2) is 14.0. The molecule has 0 heterocycles. The molecule has 0 saturated heterocycles. The van der Waals surface area contributed by atoms with Gasteiger partial charge in [0.15, 0.2) is 11.5 Å². The molecule has 0 aromatic heterocycles. The molecule has 1 aromatic rings. The van der Waals surface area contributed by atoms with Crippen LogP contribution in [0.4, 0.5) is 4.79 Å². The van der Waals surface area contributed by atoms with Crippen LogP contribution in [0.15, 0.2) is 18.2 Å². The number of nitrogens with two attached hydrogens (primary N) is 1. The van der Waals surface area contributed by atoms with Crippen molar-refractivity contribution in [1.82, 2.24) is 0 Å². The van der Waals surface area contributed by atoms with Gasteiger partial charge in [0, 0.05) is 12.8 Å². The minimum absolute atomic E-state index is 0.0596. The predicted molar refractivity (Wildman–Crippen MR) is 113 cm³/mol. The molecule has 0 unspecified atom stereocenters. The summed E-state index contributed by atoms with van der Waals surface area (Å²) in [5.41, 5.74) is 6.49. The third kappa shape index (κ3) is 9.78. The molecule has 0 bridgehead atoms. The van der Waals surface area contributed by atoms with Crippen LogP contribution in [0.1, 0.15) is 52.5 Å². The number of esters is 3. The van der Waals surface area contributed by atoms with E-state index in [0.29, 0.717) is 12.0 Å². The molecule has 10 nitrogen and oxygen atoms in total. The van der Waals surface area contributed by atoms with E-state index < -0.39 is 36.2 Å². The minimum Gasteiger partial charge on any atom is -0.461 e. The van der Waals surface area contributed by atoms with Crippen LogP contribution in [0.5, 0.6) is 11.5 Å². The number of ether oxygens (including phenoxy) is 5. The third-order valence-corrected chi connectivity index (χ3v) is 3.97. The zero-order valence-electron chi connectivity index (χ0n) is 18.9. The van der Waals surface area contributed by atoms with Crippen LogP contribution in [0.25, 0.3) is 0 Å². The Kier molecular flexibility index (Phi) is 11.8. The highest BCUT2D eigenvalue weighted by Crippen LogP contribution is 2.29. The highest BCUT2D eigenvalue weighted by Gasteiger charge is 2.20. The Balaban J connectivity index is 2.71. The van der Waals surface area contributed by atoms with Crippen molar-refractivity contribution in [3.63, 3.8) is 0 Å². The first-order valence-corrected chi connectivity index (χ1v) is 10.5. The number of carbonyl (C=O) groups is 4. The van der Waals surface area contributed by atoms with Crippen molar-refractivity contribution in [3.8, 4) is 11.5 Å². The smallest absolute Gasteiger partial charge is 0.461 e. The summed E-state index contributed by atoms with van der Waals surface area (Å²) >= 11 is 0. The molecule has 0 radical (unpaired) electrons. The van der Waals surface area contributed by atoms with E-state index in [1.165, 1.54) is 12.1 Å². The molecule has 2 atom stereocenters. The lowest BCUT2D eigenvalue weighted by Gasteiger charge is -2.16. The second-order valence-electron chi connectivity index (χ2n) is 6.90. The van der Waals surface area contributed by atoms with E-state index in [9.17, 15) is 19.2 Å². The maximum absolute atomic E-state index is 12.2. The summed E-state index contributed by atoms with van der Waals surface area (Å²) in [5, 5.41) is 0. The lowest BCUT2D eigenvalue weighted by molar-refractivity contribution is -0.148. The molecular weight excluding hydrogens is 422 g/mol. The SMILES string of the molecule is CCCOC(=O)O[C@@H](C)COC(=O)[C@@H](N)Cc1ccc(OC(=O)CC)c(OC(=O)CC)c1. The summed E-state index contributed by atoms with van der Waals surface area (Å²) in [6.45, 7) is 6.73. The van der Waals surface area contributed by atoms with Crippen LogP contribution in [0.2, 0.25) is 0 Å². The molecule has 10 heteroatoms. The second-order valence-corrected chi connectivity index (χ2v) is 6.90. The maximum Gasteiger partial charge on any atom is 0.508 e. The fourth-order valence-corrected chi connectivity index (χ4v) is 2.29. The third-order valence-electron chi connectivity index (χ3n) is 3.97. The molecule has 0 aliphatic carbocycles. The number of benzene rings is 1. The van der Waals surface area contributed by atoms with E-state index in [1.54, 1.807) is 26.8 Å². The quantitative estimate of drug-likeness (QED) is 0.371. The van der Waals surface area contributed by atoms with Gasteiger partial charge in [0.25, 0.3) is 0 Å². The number of rotatable bonds is 12. The Morgan fingerprint density at radius 1 is 0.938 bits per heavy atom. The Morgan fingerprint density at radius 3 is 2.16 bits per heavy atom. The van der Waals surface area contributed by atoms with Crippen molar-refractivity contribution in [2.75, 3.05) is 13.2 Å². The van der Waals surface area contributed by atoms with Gasteiger partial charge in [-0.05, 0) is 37.5 Å². The summed E-state index contributed by atoms with van der Waals surface area (Å²) < 4.78 is 25.2. The maximum atomic E-state index is 12.2. The first-order chi connectivity index (χ1) is 15.2. The highest BCUT2D eigenvalue weighted by molar-refractivity contribution is 5.77. The Labute approximate surface area is 187 Å². The van der Waals surface area contributed by atoms with Crippen LogP contribution < -0.4 is 15.2 Å². The molecular formula is C22H31NO9. The van der Waals surface area contributed by atoms with Gasteiger partial charge in [-0.15, -0.1) is 0 Å². The molecule has 0 saturated carbocycles. The van der Waals surface area contributed by atoms with Gasteiger partial charge in [-0.25, -0.2) is 4.79 Å². The van der Waals surface area contributed by atoms with Gasteiger partial charge in [0.2, 0.25) is 0 Å². The summed E-state index contributed by atoms with van der Waals surface area (Å²) in [5.74, 6) is -1.53. The van der Waals surface area contributed by atoms with Gasteiger partial charge in [0.05, 0.1) is 6.61 Å². The predicted octanol–water partition coefficient (Wildman–Crippen LogP) is 2.68. The zero-order valence-corrected chi connectivity index (χ0v) is 18.9. The van der Waals surface area contributed by atoms with Crippen molar-refractivity contribution < 1.29 is 42.9 Å². The normalized spacial score (nSPS) is 12.3. The molecule has 0 aliphatic heterocycles. The minimum atomic E-state index is -1.02. The Hall–Kier alpha value is -3.14. The molecule has 178 valence electrons. The van der Waals surface area contributed by atoms with E-state index in [1.807, 2.05) is 6.92 Å². The molecule has 32 heavy (non-hydrogen) atoms. The fourth-order valence-electron chi connectivity index (χ4n) is 2.29. The standard InChI is InChI=1S/C22H31NO9/c1-5-10-28-22(27)30-14(4)13-29-21(26)16(23)11-15-8-9-17(31-19(24)6-2)18(12-15)32-20(25)7-3/h8-9,12,14,16H,5-7,10-11,13,23H2,1-4H3/t14-,16-/m0/s1. The molecule has 0 spiro atoms. The van der Waals surface area contributed by atoms with Crippen LogP contribution in [-0.4, -0.2) is 49.4 Å². The summed E-state index contributed by atoms with van der Waals surface area (Å²) in [6, 6.07) is 3.53. The lowest BCUT2D eigenvalue weighted by Crippen LogP contribution is -2.36. The monoisotopic (exact) mass is 453 g/mol. The lowest BCUT2D eigenvalue weighted by atomic mass is 10.1. The summed E-state index contributed by atoms with van der Waals surface area (Å²) in [7, 11) is 0. The van der Waals surface area contributed by atoms with Gasteiger partial charge in [-0.1, -0.05) is 26.8 Å². The van der Waals surface area contributed by atoms with Crippen molar-refractivity contribution in [1.29, 1.82) is 0 Å². The zero-order chi connectivity index (χ0) is 24.1. The van der Waals surface area contributed by atoms with Crippen LogP contribution in [0.3, 0.4) is 0 Å². The van der Waals surface area contributed by atoms with Crippen molar-refractivity contribution in [2.45, 2.75) is 65.5 Å². The fraction of sp³-hybridized carbons (Fsp3) is 0.545. The topological polar surface area (TPSA) is 140 Å². The molecule has 0 aliphatic rings. The van der Waals surface area contributed by atoms with Crippen molar-refractivity contribution >= 4 is 24.1 Å². The van der Waals surface area contributed by atoms with Gasteiger partial charge in [0.1, 0.15) is 18.8 Å². The van der Waals surface area contributed by atoms with Crippen molar-refractivity contribution in [2.24, 2.45) is 5.73 Å². The first kappa shape index (κ1) is 26.9. The molecule has 1 aromatic carbocycles. The summed E-state index contributed by atoms with van der Waals surface area (Å²) in [4.78, 5) is 46.9. The molecule has 0 amide bonds. The van der Waals surface area contributed by atoms with E-state index in [2.05, 4.69) is 0 Å². The highest BCUT2D eigenvalue weighted by atomic mass is 16.7. The average Bonchev–Trinajstić information content (AvgIpc) is 2.77. The first-order valence-electron chi connectivity index (χ1n) is 10.5. The molecule has 2 N–H and O–H groups in total. The number of hydrogen-bond donors (Lipinski definition) is 1. The Bertz CT molecular complexity index is 794. The van der Waals surface area contributed by atoms with Gasteiger partial charge in [-0.2, -0.15) is 0 Å². The summed E-state index contributed by atoms with van der Waals surface area (Å²) in [6.07, 6.45) is -0.525.